The molecule has 1 N–H and O–H groups in total. The first kappa shape index (κ1) is 34.6. The van der Waals surface area contributed by atoms with Crippen LogP contribution in [-0.2, 0) is 38.8 Å². The van der Waals surface area contributed by atoms with E-state index >= 15 is 0 Å². The largest absolute Gasteiger partial charge is 0.416 e. The Labute approximate surface area is 271 Å². The maximum absolute atomic E-state index is 14.2. The Morgan fingerprint density at radius 2 is 1.56 bits per heavy atom. The van der Waals surface area contributed by atoms with Crippen molar-refractivity contribution >= 4 is 50.7 Å². The highest BCUT2D eigenvalue weighted by molar-refractivity contribution is 7.92. The molecule has 4 rings (SSSR count). The monoisotopic (exact) mass is 683 g/mol. The number of sulfonamides is 1. The minimum Gasteiger partial charge on any atom is -0.352 e. The molecule has 1 fully saturated rings. The van der Waals surface area contributed by atoms with Gasteiger partial charge in [0.15, 0.2) is 0 Å². The van der Waals surface area contributed by atoms with Gasteiger partial charge in [-0.15, -0.1) is 0 Å². The van der Waals surface area contributed by atoms with Gasteiger partial charge >= 0.3 is 6.18 Å². The van der Waals surface area contributed by atoms with E-state index in [1.54, 1.807) is 42.5 Å². The number of alkyl halides is 3. The molecule has 1 aliphatic rings. The molecule has 2 amide bonds. The fraction of sp³-hybridized carbons (Fsp3) is 0.375. The smallest absolute Gasteiger partial charge is 0.352 e. The highest BCUT2D eigenvalue weighted by Gasteiger charge is 2.36. The number of anilines is 1. The zero-order valence-electron chi connectivity index (χ0n) is 24.6. The highest BCUT2D eigenvalue weighted by atomic mass is 35.5. The Kier molecular flexibility index (Phi) is 11.4. The summed E-state index contributed by atoms with van der Waals surface area (Å²) in [6, 6.07) is 16.3. The second-order valence-electron chi connectivity index (χ2n) is 11.1. The van der Waals surface area contributed by atoms with E-state index in [4.69, 9.17) is 23.2 Å². The zero-order chi connectivity index (χ0) is 32.8. The first-order valence-electron chi connectivity index (χ1n) is 14.5. The van der Waals surface area contributed by atoms with Crippen LogP contribution in [0.4, 0.5) is 18.9 Å². The van der Waals surface area contributed by atoms with Crippen LogP contribution < -0.4 is 9.62 Å². The number of halogens is 5. The van der Waals surface area contributed by atoms with Gasteiger partial charge in [0.1, 0.15) is 12.6 Å². The van der Waals surface area contributed by atoms with Gasteiger partial charge < -0.3 is 10.2 Å². The van der Waals surface area contributed by atoms with Gasteiger partial charge in [0, 0.05) is 34.6 Å². The van der Waals surface area contributed by atoms with Gasteiger partial charge in [-0.3, -0.25) is 13.9 Å². The number of amides is 2. The minimum absolute atomic E-state index is 0.0790. The summed E-state index contributed by atoms with van der Waals surface area (Å²) in [6.07, 6.45) is 0.666. The molecular weight excluding hydrogens is 650 g/mol. The zero-order valence-corrected chi connectivity index (χ0v) is 26.9. The lowest BCUT2D eigenvalue weighted by atomic mass is 9.94. The maximum atomic E-state index is 14.2. The summed E-state index contributed by atoms with van der Waals surface area (Å²) >= 11 is 13.0. The van der Waals surface area contributed by atoms with E-state index in [0.717, 1.165) is 56.1 Å². The number of carbonyl (C=O) groups is 2. The van der Waals surface area contributed by atoms with E-state index in [0.29, 0.717) is 15.9 Å². The van der Waals surface area contributed by atoms with Crippen LogP contribution in [-0.4, -0.2) is 50.0 Å². The van der Waals surface area contributed by atoms with Crippen LogP contribution >= 0.6 is 23.2 Å². The average molecular weight is 685 g/mol. The van der Waals surface area contributed by atoms with Crippen LogP contribution in [0.1, 0.15) is 48.8 Å². The molecule has 3 aromatic rings. The minimum atomic E-state index is -4.74. The fourth-order valence-corrected chi connectivity index (χ4v) is 6.76. The van der Waals surface area contributed by atoms with E-state index in [2.05, 4.69) is 5.32 Å². The Morgan fingerprint density at radius 3 is 2.16 bits per heavy atom. The predicted octanol–water partition coefficient (Wildman–Crippen LogP) is 6.87. The number of hydrogen-bond donors (Lipinski definition) is 1. The van der Waals surface area contributed by atoms with E-state index in [1.807, 2.05) is 6.07 Å². The molecule has 1 unspecified atom stereocenters. The van der Waals surface area contributed by atoms with Gasteiger partial charge in [-0.05, 0) is 48.7 Å². The summed E-state index contributed by atoms with van der Waals surface area (Å²) in [5.74, 6) is -1.26. The molecule has 1 saturated carbocycles. The van der Waals surface area contributed by atoms with Gasteiger partial charge in [-0.2, -0.15) is 13.2 Å². The molecule has 0 aliphatic heterocycles. The lowest BCUT2D eigenvalue weighted by Gasteiger charge is -2.35. The molecule has 0 heterocycles. The third-order valence-electron chi connectivity index (χ3n) is 7.75. The van der Waals surface area contributed by atoms with Gasteiger partial charge in [-0.1, -0.05) is 84.9 Å². The first-order chi connectivity index (χ1) is 21.2. The van der Waals surface area contributed by atoms with E-state index < -0.39 is 46.2 Å². The van der Waals surface area contributed by atoms with E-state index in [-0.39, 0.29) is 34.7 Å². The van der Waals surface area contributed by atoms with Crippen molar-refractivity contribution < 1.29 is 31.2 Å². The Balaban J connectivity index is 1.77. The topological polar surface area (TPSA) is 86.8 Å². The first-order valence-corrected chi connectivity index (χ1v) is 17.1. The van der Waals surface area contributed by atoms with Crippen molar-refractivity contribution in [2.45, 2.75) is 63.3 Å². The third kappa shape index (κ3) is 9.37. The molecule has 0 radical (unpaired) electrons. The molecule has 0 spiro atoms. The molecule has 13 heteroatoms. The summed E-state index contributed by atoms with van der Waals surface area (Å²) in [7, 11) is -4.26. The van der Waals surface area contributed by atoms with E-state index in [1.165, 1.54) is 11.0 Å². The normalized spacial score (nSPS) is 14.9. The van der Waals surface area contributed by atoms with Crippen LogP contribution in [0.25, 0.3) is 0 Å². The Hall–Kier alpha value is -3.28. The van der Waals surface area contributed by atoms with Crippen molar-refractivity contribution in [1.29, 1.82) is 0 Å². The second-order valence-corrected chi connectivity index (χ2v) is 13.8. The number of nitrogens with zero attached hydrogens (tertiary/aromatic N) is 2. The van der Waals surface area contributed by atoms with Gasteiger partial charge in [0.25, 0.3) is 0 Å². The molecule has 0 bridgehead atoms. The standard InChI is InChI=1S/C32H34Cl2F3N3O4S/c1-45(43,44)40(25-15-8-12-23(19-25)32(35,36)37)21-30(41)39(20-26-27(33)16-9-17-28(26)34)29(18-22-10-4-2-5-11-22)31(42)38-24-13-6-3-7-14-24/h2,4-5,8-12,15-17,19,24,29H,3,6-7,13-14,18,20-21H2,1H3,(H,38,42). The summed E-state index contributed by atoms with van der Waals surface area (Å²) in [4.78, 5) is 29.5. The molecule has 1 aliphatic carbocycles. The molecule has 0 saturated heterocycles. The van der Waals surface area contributed by atoms with Crippen molar-refractivity contribution in [3.8, 4) is 0 Å². The summed E-state index contributed by atoms with van der Waals surface area (Å²) in [5, 5.41) is 3.53. The number of benzene rings is 3. The maximum Gasteiger partial charge on any atom is 0.416 e. The number of carbonyl (C=O) groups excluding carboxylic acids is 2. The summed E-state index contributed by atoms with van der Waals surface area (Å²) in [5.41, 5.74) is -0.345. The molecule has 242 valence electrons. The molecular formula is C32H34Cl2F3N3O4S. The second kappa shape index (κ2) is 14.9. The predicted molar refractivity (Wildman–Crippen MR) is 170 cm³/mol. The lowest BCUT2D eigenvalue weighted by Crippen LogP contribution is -2.55. The number of nitrogens with one attached hydrogen (secondary N) is 1. The molecule has 7 nitrogen and oxygen atoms in total. The summed E-state index contributed by atoms with van der Waals surface area (Å²) < 4.78 is 67.0. The van der Waals surface area contributed by atoms with Crippen molar-refractivity contribution in [2.75, 3.05) is 17.1 Å². The quantitative estimate of drug-likeness (QED) is 0.239. The van der Waals surface area contributed by atoms with Crippen LogP contribution in [0.5, 0.6) is 0 Å². The van der Waals surface area contributed by atoms with Crippen LogP contribution in [0.2, 0.25) is 10.0 Å². The van der Waals surface area contributed by atoms with Crippen molar-refractivity contribution in [3.63, 3.8) is 0 Å². The molecule has 45 heavy (non-hydrogen) atoms. The highest BCUT2D eigenvalue weighted by Crippen LogP contribution is 2.33. The number of hydrogen-bond acceptors (Lipinski definition) is 4. The van der Waals surface area contributed by atoms with Gasteiger partial charge in [-0.25, -0.2) is 8.42 Å². The van der Waals surface area contributed by atoms with Gasteiger partial charge in [0.05, 0.1) is 17.5 Å². The molecule has 0 aromatic heterocycles. The van der Waals surface area contributed by atoms with Crippen molar-refractivity contribution in [2.24, 2.45) is 0 Å². The van der Waals surface area contributed by atoms with E-state index in [9.17, 15) is 31.2 Å². The molecule has 3 aromatic carbocycles. The van der Waals surface area contributed by atoms with Gasteiger partial charge in [0.2, 0.25) is 21.8 Å². The van der Waals surface area contributed by atoms with Crippen molar-refractivity contribution in [3.05, 3.63) is 99.5 Å². The van der Waals surface area contributed by atoms with Crippen LogP contribution in [0.3, 0.4) is 0 Å². The third-order valence-corrected chi connectivity index (χ3v) is 9.60. The summed E-state index contributed by atoms with van der Waals surface area (Å²) in [6.45, 7) is -1.13. The molecule has 1 atom stereocenters. The average Bonchev–Trinajstić information content (AvgIpc) is 2.99. The fourth-order valence-electron chi connectivity index (χ4n) is 5.40. The lowest BCUT2D eigenvalue weighted by molar-refractivity contribution is -0.140. The SMILES string of the molecule is CS(=O)(=O)N(CC(=O)N(Cc1c(Cl)cccc1Cl)C(Cc1ccccc1)C(=O)NC1CCCCC1)c1cccc(C(F)(F)F)c1. The van der Waals surface area contributed by atoms with Crippen LogP contribution in [0.15, 0.2) is 72.8 Å². The Morgan fingerprint density at radius 1 is 0.933 bits per heavy atom. The van der Waals surface area contributed by atoms with Crippen molar-refractivity contribution in [1.82, 2.24) is 10.2 Å². The van der Waals surface area contributed by atoms with Crippen LogP contribution in [0, 0.1) is 0 Å². The Bertz CT molecular complexity index is 1580. The number of rotatable bonds is 11.